The molecule has 0 aliphatic rings. The Morgan fingerprint density at radius 1 is 1.16 bits per heavy atom. The summed E-state index contributed by atoms with van der Waals surface area (Å²) in [5.74, 6) is -0.421. The van der Waals surface area contributed by atoms with E-state index in [0.717, 1.165) is 6.20 Å². The van der Waals surface area contributed by atoms with E-state index < -0.39 is 20.5 Å². The Labute approximate surface area is 109 Å². The number of pyridine rings is 1. The van der Waals surface area contributed by atoms with E-state index in [1.165, 1.54) is 24.4 Å². The highest BCUT2D eigenvalue weighted by Gasteiger charge is 2.21. The summed E-state index contributed by atoms with van der Waals surface area (Å²) in [5, 5.41) is 10.8. The summed E-state index contributed by atoms with van der Waals surface area (Å²) in [5.41, 5.74) is -0.161. The van der Waals surface area contributed by atoms with Gasteiger partial charge in [-0.25, -0.2) is 8.42 Å². The van der Waals surface area contributed by atoms with E-state index in [1.54, 1.807) is 18.2 Å². The molecule has 0 N–H and O–H groups in total. The molecule has 0 aliphatic heterocycles. The van der Waals surface area contributed by atoms with Gasteiger partial charge in [-0.2, -0.15) is 0 Å². The first kappa shape index (κ1) is 13.2. The lowest BCUT2D eigenvalue weighted by atomic mass is 10.2. The molecule has 1 heterocycles. The second kappa shape index (κ2) is 5.15. The molecular weight excluding hydrogens is 268 g/mol. The zero-order valence-corrected chi connectivity index (χ0v) is 10.6. The van der Waals surface area contributed by atoms with Crippen molar-refractivity contribution in [3.63, 3.8) is 0 Å². The summed E-state index contributed by atoms with van der Waals surface area (Å²) in [6.45, 7) is 0. The Bertz CT molecular complexity index is 699. The molecule has 0 saturated carbocycles. The number of hydrogen-bond acceptors (Lipinski definition) is 5. The number of benzene rings is 1. The fourth-order valence-corrected chi connectivity index (χ4v) is 3.01. The van der Waals surface area contributed by atoms with Crippen LogP contribution in [0.2, 0.25) is 0 Å². The van der Waals surface area contributed by atoms with Gasteiger partial charge in [-0.15, -0.1) is 0 Å². The number of rotatable bonds is 4. The highest BCUT2D eigenvalue weighted by atomic mass is 32.2. The maximum Gasteiger partial charge on any atom is 0.291 e. The molecule has 1 aromatic carbocycles. The SMILES string of the molecule is O=[N+]([O-])c1cnccc1CS(=O)(=O)c1ccccc1. The third kappa shape index (κ3) is 2.94. The van der Waals surface area contributed by atoms with Crippen LogP contribution in [-0.2, 0) is 15.6 Å². The molecule has 0 amide bonds. The molecule has 98 valence electrons. The molecule has 1 aromatic heterocycles. The van der Waals surface area contributed by atoms with Gasteiger partial charge >= 0.3 is 0 Å². The van der Waals surface area contributed by atoms with Crippen LogP contribution in [0.4, 0.5) is 5.69 Å². The zero-order valence-electron chi connectivity index (χ0n) is 9.76. The highest BCUT2D eigenvalue weighted by Crippen LogP contribution is 2.22. The lowest BCUT2D eigenvalue weighted by Crippen LogP contribution is -2.07. The van der Waals surface area contributed by atoms with E-state index in [9.17, 15) is 18.5 Å². The van der Waals surface area contributed by atoms with Crippen LogP contribution in [-0.4, -0.2) is 18.3 Å². The quantitative estimate of drug-likeness (QED) is 0.630. The number of nitrogens with zero attached hydrogens (tertiary/aromatic N) is 2. The fourth-order valence-electron chi connectivity index (χ4n) is 1.62. The highest BCUT2D eigenvalue weighted by molar-refractivity contribution is 7.90. The second-order valence-electron chi connectivity index (χ2n) is 3.83. The molecule has 0 spiro atoms. The Hall–Kier alpha value is -2.28. The Morgan fingerprint density at radius 2 is 1.84 bits per heavy atom. The van der Waals surface area contributed by atoms with Crippen LogP contribution in [0, 0.1) is 10.1 Å². The first-order chi connectivity index (χ1) is 9.00. The van der Waals surface area contributed by atoms with E-state index in [2.05, 4.69) is 4.98 Å². The molecule has 0 bridgehead atoms. The Morgan fingerprint density at radius 3 is 2.47 bits per heavy atom. The summed E-state index contributed by atoms with van der Waals surface area (Å²) in [7, 11) is -3.60. The number of aromatic nitrogens is 1. The minimum Gasteiger partial charge on any atom is -0.258 e. The van der Waals surface area contributed by atoms with Gasteiger partial charge < -0.3 is 0 Å². The molecule has 0 unspecified atom stereocenters. The van der Waals surface area contributed by atoms with Gasteiger partial charge in [0.1, 0.15) is 6.20 Å². The molecule has 6 nitrogen and oxygen atoms in total. The van der Waals surface area contributed by atoms with Gasteiger partial charge in [0.05, 0.1) is 15.6 Å². The Balaban J connectivity index is 2.39. The van der Waals surface area contributed by atoms with E-state index in [0.29, 0.717) is 0 Å². The van der Waals surface area contributed by atoms with Gasteiger partial charge in [-0.3, -0.25) is 15.1 Å². The molecule has 0 aliphatic carbocycles. The predicted molar refractivity (Wildman–Crippen MR) is 68.2 cm³/mol. The largest absolute Gasteiger partial charge is 0.291 e. The number of nitro groups is 1. The van der Waals surface area contributed by atoms with Crippen molar-refractivity contribution in [2.24, 2.45) is 0 Å². The van der Waals surface area contributed by atoms with Crippen molar-refractivity contribution in [2.75, 3.05) is 0 Å². The van der Waals surface area contributed by atoms with Crippen LogP contribution in [0.5, 0.6) is 0 Å². The monoisotopic (exact) mass is 278 g/mol. The summed E-state index contributed by atoms with van der Waals surface area (Å²) in [6, 6.07) is 9.18. The molecule has 0 saturated heterocycles. The van der Waals surface area contributed by atoms with Gasteiger partial charge in [0.2, 0.25) is 0 Å². The maximum atomic E-state index is 12.1. The van der Waals surface area contributed by atoms with E-state index in [4.69, 9.17) is 0 Å². The summed E-state index contributed by atoms with van der Waals surface area (Å²) >= 11 is 0. The fraction of sp³-hybridized carbons (Fsp3) is 0.0833. The van der Waals surface area contributed by atoms with Crippen LogP contribution in [0.25, 0.3) is 0 Å². The lowest BCUT2D eigenvalue weighted by Gasteiger charge is -2.04. The average Bonchev–Trinajstić information content (AvgIpc) is 2.39. The van der Waals surface area contributed by atoms with Crippen molar-refractivity contribution in [2.45, 2.75) is 10.6 Å². The number of sulfone groups is 1. The molecule has 0 fully saturated rings. The molecule has 7 heteroatoms. The van der Waals surface area contributed by atoms with Crippen LogP contribution < -0.4 is 0 Å². The van der Waals surface area contributed by atoms with E-state index in [1.807, 2.05) is 0 Å². The first-order valence-electron chi connectivity index (χ1n) is 5.36. The smallest absolute Gasteiger partial charge is 0.258 e. The summed E-state index contributed by atoms with van der Waals surface area (Å²) in [6.07, 6.45) is 2.39. The summed E-state index contributed by atoms with van der Waals surface area (Å²) < 4.78 is 24.3. The normalized spacial score (nSPS) is 11.2. The summed E-state index contributed by atoms with van der Waals surface area (Å²) in [4.78, 5) is 14.0. The predicted octanol–water partition coefficient (Wildman–Crippen LogP) is 1.96. The van der Waals surface area contributed by atoms with Gasteiger partial charge in [0.25, 0.3) is 5.69 Å². The zero-order chi connectivity index (χ0) is 13.9. The van der Waals surface area contributed by atoms with Crippen LogP contribution in [0.1, 0.15) is 5.56 Å². The molecule has 0 atom stereocenters. The van der Waals surface area contributed by atoms with Crippen LogP contribution >= 0.6 is 0 Å². The third-order valence-electron chi connectivity index (χ3n) is 2.53. The Kier molecular flexibility index (Phi) is 3.57. The van der Waals surface area contributed by atoms with E-state index >= 15 is 0 Å². The van der Waals surface area contributed by atoms with Crippen molar-refractivity contribution in [3.8, 4) is 0 Å². The minimum atomic E-state index is -3.60. The van der Waals surface area contributed by atoms with Crippen molar-refractivity contribution >= 4 is 15.5 Å². The topological polar surface area (TPSA) is 90.2 Å². The molecule has 19 heavy (non-hydrogen) atoms. The van der Waals surface area contributed by atoms with Crippen molar-refractivity contribution < 1.29 is 13.3 Å². The van der Waals surface area contributed by atoms with Gasteiger partial charge in [0.15, 0.2) is 9.84 Å². The maximum absolute atomic E-state index is 12.1. The van der Waals surface area contributed by atoms with E-state index in [-0.39, 0.29) is 16.1 Å². The molecule has 0 radical (unpaired) electrons. The van der Waals surface area contributed by atoms with Crippen LogP contribution in [0.3, 0.4) is 0 Å². The van der Waals surface area contributed by atoms with Crippen molar-refractivity contribution in [1.82, 2.24) is 4.98 Å². The van der Waals surface area contributed by atoms with Crippen molar-refractivity contribution in [1.29, 1.82) is 0 Å². The molecular formula is C12H10N2O4S. The second-order valence-corrected chi connectivity index (χ2v) is 5.82. The molecule has 2 aromatic rings. The third-order valence-corrected chi connectivity index (χ3v) is 4.21. The minimum absolute atomic E-state index is 0.129. The first-order valence-corrected chi connectivity index (χ1v) is 7.01. The van der Waals surface area contributed by atoms with Crippen molar-refractivity contribution in [3.05, 3.63) is 64.5 Å². The molecule has 2 rings (SSSR count). The van der Waals surface area contributed by atoms with Crippen LogP contribution in [0.15, 0.2) is 53.7 Å². The lowest BCUT2D eigenvalue weighted by molar-refractivity contribution is -0.385. The van der Waals surface area contributed by atoms with Gasteiger partial charge in [-0.1, -0.05) is 18.2 Å². The average molecular weight is 278 g/mol. The van der Waals surface area contributed by atoms with Gasteiger partial charge in [-0.05, 0) is 18.2 Å². The van der Waals surface area contributed by atoms with Gasteiger partial charge in [0, 0.05) is 11.8 Å². The number of hydrogen-bond donors (Lipinski definition) is 0. The standard InChI is InChI=1S/C12H10N2O4S/c15-14(16)12-8-13-7-6-10(12)9-19(17,18)11-4-2-1-3-5-11/h1-8H,9H2.